The highest BCUT2D eigenvalue weighted by Crippen LogP contribution is 2.24. The van der Waals surface area contributed by atoms with Gasteiger partial charge in [0.1, 0.15) is 17.9 Å². The van der Waals surface area contributed by atoms with E-state index >= 15 is 0 Å². The summed E-state index contributed by atoms with van der Waals surface area (Å²) < 4.78 is 1.85. The lowest BCUT2D eigenvalue weighted by Crippen LogP contribution is -2.23. The Bertz CT molecular complexity index is 1140. The summed E-state index contributed by atoms with van der Waals surface area (Å²) in [6.45, 7) is 2.69. The first-order chi connectivity index (χ1) is 13.1. The fourth-order valence-corrected chi connectivity index (χ4v) is 3.04. The maximum absolute atomic E-state index is 8.98. The maximum atomic E-state index is 8.98. The predicted octanol–water partition coefficient (Wildman–Crippen LogP) is 3.24. The molecule has 0 fully saturated rings. The molecule has 0 aliphatic heterocycles. The van der Waals surface area contributed by atoms with Crippen LogP contribution in [0.15, 0.2) is 43.1 Å². The van der Waals surface area contributed by atoms with E-state index in [2.05, 4.69) is 36.4 Å². The standard InChI is InChI=1S/C18H15ClN8/c1-11(25-18-16-17(22-9-21-16)23-10-24-18)8-27-5-4-15(26-27)12-2-3-13(7-20)14(19)6-12/h2-6,9-11H,8H2,1H3,(H2,21,22,23,24,25)/t11-/m0/s1. The van der Waals surface area contributed by atoms with Crippen LogP contribution in [0.25, 0.3) is 22.4 Å². The summed E-state index contributed by atoms with van der Waals surface area (Å²) in [4.78, 5) is 15.6. The number of hydrogen-bond acceptors (Lipinski definition) is 6. The molecular formula is C18H15ClN8. The van der Waals surface area contributed by atoms with E-state index in [-0.39, 0.29) is 6.04 Å². The zero-order chi connectivity index (χ0) is 18.8. The molecule has 0 spiro atoms. The third kappa shape index (κ3) is 3.45. The molecule has 0 saturated heterocycles. The summed E-state index contributed by atoms with van der Waals surface area (Å²) in [5.41, 5.74) is 3.52. The third-order valence-electron chi connectivity index (χ3n) is 4.09. The smallest absolute Gasteiger partial charge is 0.182 e. The van der Waals surface area contributed by atoms with Gasteiger partial charge in [0, 0.05) is 17.8 Å². The van der Waals surface area contributed by atoms with Crippen molar-refractivity contribution in [2.24, 2.45) is 0 Å². The molecule has 134 valence electrons. The Hall–Kier alpha value is -3.44. The van der Waals surface area contributed by atoms with Crippen molar-refractivity contribution in [3.05, 3.63) is 53.7 Å². The van der Waals surface area contributed by atoms with Crippen molar-refractivity contribution in [3.63, 3.8) is 0 Å². The van der Waals surface area contributed by atoms with Gasteiger partial charge in [-0.25, -0.2) is 15.0 Å². The van der Waals surface area contributed by atoms with Gasteiger partial charge in [-0.05, 0) is 25.1 Å². The lowest BCUT2D eigenvalue weighted by atomic mass is 10.1. The number of nitriles is 1. The van der Waals surface area contributed by atoms with Crippen molar-refractivity contribution in [3.8, 4) is 17.3 Å². The Morgan fingerprint density at radius 2 is 2.19 bits per heavy atom. The molecule has 27 heavy (non-hydrogen) atoms. The summed E-state index contributed by atoms with van der Waals surface area (Å²) in [6, 6.07) is 9.34. The quantitative estimate of drug-likeness (QED) is 0.552. The zero-order valence-electron chi connectivity index (χ0n) is 14.4. The Kier molecular flexibility index (Phi) is 4.44. The van der Waals surface area contributed by atoms with E-state index in [0.29, 0.717) is 28.6 Å². The number of rotatable bonds is 5. The summed E-state index contributed by atoms with van der Waals surface area (Å²) in [5, 5.41) is 17.3. The number of hydrogen-bond donors (Lipinski definition) is 2. The van der Waals surface area contributed by atoms with Crippen molar-refractivity contribution < 1.29 is 0 Å². The van der Waals surface area contributed by atoms with E-state index in [1.165, 1.54) is 6.33 Å². The van der Waals surface area contributed by atoms with Gasteiger partial charge in [0.15, 0.2) is 11.5 Å². The summed E-state index contributed by atoms with van der Waals surface area (Å²) in [7, 11) is 0. The zero-order valence-corrected chi connectivity index (χ0v) is 15.1. The first-order valence-electron chi connectivity index (χ1n) is 8.28. The van der Waals surface area contributed by atoms with Gasteiger partial charge in [0.05, 0.1) is 29.2 Å². The number of nitrogens with zero attached hydrogens (tertiary/aromatic N) is 6. The highest BCUT2D eigenvalue weighted by molar-refractivity contribution is 6.32. The number of imidazole rings is 1. The van der Waals surface area contributed by atoms with Crippen molar-refractivity contribution in [2.45, 2.75) is 19.5 Å². The van der Waals surface area contributed by atoms with Crippen molar-refractivity contribution in [1.29, 1.82) is 5.26 Å². The molecule has 1 aromatic carbocycles. The number of aromatic nitrogens is 6. The molecule has 0 radical (unpaired) electrons. The topological polar surface area (TPSA) is 108 Å². The lowest BCUT2D eigenvalue weighted by molar-refractivity contribution is 0.561. The molecule has 0 saturated carbocycles. The molecule has 2 N–H and O–H groups in total. The Labute approximate surface area is 159 Å². The molecule has 0 aliphatic carbocycles. The highest BCUT2D eigenvalue weighted by Gasteiger charge is 2.11. The van der Waals surface area contributed by atoms with Crippen molar-refractivity contribution in [2.75, 3.05) is 5.32 Å². The molecule has 0 amide bonds. The van der Waals surface area contributed by atoms with Gasteiger partial charge < -0.3 is 10.3 Å². The van der Waals surface area contributed by atoms with Gasteiger partial charge in [-0.3, -0.25) is 4.68 Å². The van der Waals surface area contributed by atoms with Gasteiger partial charge in [0.2, 0.25) is 0 Å². The van der Waals surface area contributed by atoms with Gasteiger partial charge in [0.25, 0.3) is 0 Å². The van der Waals surface area contributed by atoms with E-state index in [4.69, 9.17) is 16.9 Å². The van der Waals surface area contributed by atoms with Crippen LogP contribution < -0.4 is 5.32 Å². The van der Waals surface area contributed by atoms with Gasteiger partial charge in [-0.15, -0.1) is 0 Å². The number of aromatic amines is 1. The second-order valence-corrected chi connectivity index (χ2v) is 6.51. The summed E-state index contributed by atoms with van der Waals surface area (Å²) in [5.74, 6) is 0.705. The number of halogens is 1. The molecule has 9 heteroatoms. The van der Waals surface area contributed by atoms with Crippen LogP contribution in [0.3, 0.4) is 0 Å². The first kappa shape index (κ1) is 17.0. The second kappa shape index (κ2) is 7.05. The van der Waals surface area contributed by atoms with Crippen LogP contribution in [0.2, 0.25) is 5.02 Å². The van der Waals surface area contributed by atoms with Crippen LogP contribution in [0.1, 0.15) is 12.5 Å². The molecular weight excluding hydrogens is 364 g/mol. The monoisotopic (exact) mass is 378 g/mol. The summed E-state index contributed by atoms with van der Waals surface area (Å²) >= 11 is 6.11. The average molecular weight is 379 g/mol. The van der Waals surface area contributed by atoms with Crippen molar-refractivity contribution in [1.82, 2.24) is 29.7 Å². The normalized spacial score (nSPS) is 12.0. The van der Waals surface area contributed by atoms with Crippen LogP contribution >= 0.6 is 11.6 Å². The minimum absolute atomic E-state index is 0.0729. The predicted molar refractivity (Wildman–Crippen MR) is 102 cm³/mol. The van der Waals surface area contributed by atoms with E-state index in [9.17, 15) is 0 Å². The minimum Gasteiger partial charge on any atom is -0.364 e. The van der Waals surface area contributed by atoms with Crippen LogP contribution in [0, 0.1) is 11.3 Å². The number of H-pyrrole nitrogens is 1. The van der Waals surface area contributed by atoms with E-state index in [0.717, 1.165) is 16.8 Å². The molecule has 4 aromatic rings. The van der Waals surface area contributed by atoms with Gasteiger partial charge in [-0.1, -0.05) is 17.7 Å². The number of fused-ring (bicyclic) bond motifs is 1. The molecule has 3 aromatic heterocycles. The second-order valence-electron chi connectivity index (χ2n) is 6.10. The molecule has 0 aliphatic rings. The maximum Gasteiger partial charge on any atom is 0.182 e. The average Bonchev–Trinajstić information content (AvgIpc) is 3.31. The Morgan fingerprint density at radius 1 is 1.30 bits per heavy atom. The fourth-order valence-electron chi connectivity index (χ4n) is 2.82. The van der Waals surface area contributed by atoms with Gasteiger partial charge >= 0.3 is 0 Å². The third-order valence-corrected chi connectivity index (χ3v) is 4.41. The van der Waals surface area contributed by atoms with Crippen LogP contribution in [0.5, 0.6) is 0 Å². The van der Waals surface area contributed by atoms with Crippen LogP contribution in [-0.4, -0.2) is 35.8 Å². The highest BCUT2D eigenvalue weighted by atomic mass is 35.5. The Morgan fingerprint density at radius 3 is 3.00 bits per heavy atom. The number of nitrogens with one attached hydrogen (secondary N) is 2. The van der Waals surface area contributed by atoms with Crippen LogP contribution in [-0.2, 0) is 6.54 Å². The lowest BCUT2D eigenvalue weighted by Gasteiger charge is -2.14. The molecule has 0 bridgehead atoms. The first-order valence-corrected chi connectivity index (χ1v) is 8.66. The van der Waals surface area contributed by atoms with E-state index in [1.54, 1.807) is 18.5 Å². The summed E-state index contributed by atoms with van der Waals surface area (Å²) in [6.07, 6.45) is 4.99. The molecule has 8 nitrogen and oxygen atoms in total. The Balaban J connectivity index is 1.48. The number of benzene rings is 1. The number of anilines is 1. The van der Waals surface area contributed by atoms with E-state index < -0.39 is 0 Å². The van der Waals surface area contributed by atoms with Crippen molar-refractivity contribution >= 4 is 28.6 Å². The molecule has 1 atom stereocenters. The van der Waals surface area contributed by atoms with Gasteiger partial charge in [-0.2, -0.15) is 10.4 Å². The molecule has 4 rings (SSSR count). The minimum atomic E-state index is 0.0729. The van der Waals surface area contributed by atoms with Crippen LogP contribution in [0.4, 0.5) is 5.82 Å². The molecule has 3 heterocycles. The SMILES string of the molecule is C[C@@H](Cn1ccc(-c2ccc(C#N)c(Cl)c2)n1)Nc1ncnc2nc[nH]c12. The largest absolute Gasteiger partial charge is 0.364 e. The fraction of sp³-hybridized carbons (Fsp3) is 0.167. The molecule has 0 unspecified atom stereocenters. The van der Waals surface area contributed by atoms with E-state index in [1.807, 2.05) is 29.9 Å².